The van der Waals surface area contributed by atoms with E-state index in [9.17, 15) is 4.79 Å². The Kier molecular flexibility index (Phi) is 5.96. The van der Waals surface area contributed by atoms with Crippen molar-refractivity contribution in [2.75, 3.05) is 11.9 Å². The zero-order valence-corrected chi connectivity index (χ0v) is 13.5. The Morgan fingerprint density at radius 2 is 1.86 bits per heavy atom. The molecule has 0 aliphatic carbocycles. The number of nitrogens with two attached hydrogens (primary N) is 1. The predicted octanol–water partition coefficient (Wildman–Crippen LogP) is 2.58. The van der Waals surface area contributed by atoms with Crippen LogP contribution in [0.2, 0.25) is 0 Å². The van der Waals surface area contributed by atoms with Crippen LogP contribution in [0, 0.1) is 0 Å². The van der Waals surface area contributed by atoms with Gasteiger partial charge in [0.2, 0.25) is 0 Å². The van der Waals surface area contributed by atoms with Crippen molar-refractivity contribution in [3.05, 3.63) is 51.7 Å². The highest BCUT2D eigenvalue weighted by atomic mass is 32.1. The van der Waals surface area contributed by atoms with Crippen molar-refractivity contribution in [2.45, 2.75) is 33.2 Å². The highest BCUT2D eigenvalue weighted by Crippen LogP contribution is 2.22. The van der Waals surface area contributed by atoms with E-state index >= 15 is 0 Å². The molecule has 4 heteroatoms. The lowest BCUT2D eigenvalue weighted by Gasteiger charge is -2.13. The van der Waals surface area contributed by atoms with Crippen LogP contribution in [-0.2, 0) is 24.2 Å². The first-order valence-corrected chi connectivity index (χ1v) is 8.37. The molecule has 1 aromatic carbocycles. The summed E-state index contributed by atoms with van der Waals surface area (Å²) in [6.45, 7) is 5.56. The SMILES string of the molecule is CCc1cccc(CC)c1NC(=O)C[NH2+]Cc1cccs1. The first-order chi connectivity index (χ1) is 10.2. The number of rotatable bonds is 7. The lowest BCUT2D eigenvalue weighted by Crippen LogP contribution is -2.84. The van der Waals surface area contributed by atoms with Gasteiger partial charge in [0.15, 0.2) is 6.54 Å². The quantitative estimate of drug-likeness (QED) is 0.811. The standard InChI is InChI=1S/C17H22N2OS/c1-3-13-7-5-8-14(4-2)17(13)19-16(20)12-18-11-15-9-6-10-21-15/h5-10,18H,3-4,11-12H2,1-2H3,(H,19,20)/p+1. The largest absolute Gasteiger partial charge is 0.334 e. The fraction of sp³-hybridized carbons (Fsp3) is 0.353. The molecule has 0 fully saturated rings. The van der Waals surface area contributed by atoms with Gasteiger partial charge < -0.3 is 10.6 Å². The molecule has 0 bridgehead atoms. The normalized spacial score (nSPS) is 10.6. The van der Waals surface area contributed by atoms with Crippen molar-refractivity contribution < 1.29 is 10.1 Å². The minimum absolute atomic E-state index is 0.0714. The third kappa shape index (κ3) is 4.41. The van der Waals surface area contributed by atoms with E-state index in [1.807, 2.05) is 11.4 Å². The number of carbonyl (C=O) groups is 1. The maximum atomic E-state index is 12.1. The van der Waals surface area contributed by atoms with Crippen LogP contribution in [0.1, 0.15) is 29.9 Å². The molecule has 0 saturated heterocycles. The zero-order chi connectivity index (χ0) is 15.1. The van der Waals surface area contributed by atoms with Gasteiger partial charge in [-0.05, 0) is 35.4 Å². The third-order valence-electron chi connectivity index (χ3n) is 3.52. The molecule has 0 spiro atoms. The molecule has 21 heavy (non-hydrogen) atoms. The monoisotopic (exact) mass is 303 g/mol. The number of aryl methyl sites for hydroxylation is 2. The summed E-state index contributed by atoms with van der Waals surface area (Å²) in [5.41, 5.74) is 3.43. The Morgan fingerprint density at radius 3 is 2.43 bits per heavy atom. The van der Waals surface area contributed by atoms with E-state index in [1.165, 1.54) is 16.0 Å². The molecule has 2 aromatic rings. The highest BCUT2D eigenvalue weighted by Gasteiger charge is 2.11. The van der Waals surface area contributed by atoms with Crippen LogP contribution in [-0.4, -0.2) is 12.5 Å². The van der Waals surface area contributed by atoms with E-state index in [0.29, 0.717) is 6.54 Å². The number of hydrogen-bond donors (Lipinski definition) is 2. The third-order valence-corrected chi connectivity index (χ3v) is 4.42. The summed E-state index contributed by atoms with van der Waals surface area (Å²) in [6.07, 6.45) is 1.87. The molecule has 3 N–H and O–H groups in total. The van der Waals surface area contributed by atoms with Crippen LogP contribution in [0.3, 0.4) is 0 Å². The van der Waals surface area contributed by atoms with Gasteiger partial charge in [-0.1, -0.05) is 38.1 Å². The summed E-state index contributed by atoms with van der Waals surface area (Å²) >= 11 is 1.73. The summed E-state index contributed by atoms with van der Waals surface area (Å²) < 4.78 is 0. The van der Waals surface area contributed by atoms with Crippen molar-refractivity contribution in [1.29, 1.82) is 0 Å². The summed E-state index contributed by atoms with van der Waals surface area (Å²) in [5, 5.41) is 7.20. The van der Waals surface area contributed by atoms with Gasteiger partial charge in [0.1, 0.15) is 6.54 Å². The number of nitrogens with one attached hydrogen (secondary N) is 1. The van der Waals surface area contributed by atoms with Crippen LogP contribution >= 0.6 is 11.3 Å². The molecular formula is C17H23N2OS+. The van der Waals surface area contributed by atoms with E-state index in [-0.39, 0.29) is 5.91 Å². The van der Waals surface area contributed by atoms with Gasteiger partial charge in [-0.2, -0.15) is 0 Å². The Hall–Kier alpha value is -1.65. The first-order valence-electron chi connectivity index (χ1n) is 7.49. The van der Waals surface area contributed by atoms with Crippen molar-refractivity contribution >= 4 is 22.9 Å². The molecule has 3 nitrogen and oxygen atoms in total. The van der Waals surface area contributed by atoms with Gasteiger partial charge in [-0.15, -0.1) is 11.3 Å². The van der Waals surface area contributed by atoms with E-state index < -0.39 is 0 Å². The van der Waals surface area contributed by atoms with Crippen molar-refractivity contribution in [1.82, 2.24) is 0 Å². The second-order valence-electron chi connectivity index (χ2n) is 4.98. The number of quaternary nitrogens is 1. The van der Waals surface area contributed by atoms with Gasteiger partial charge in [0.25, 0.3) is 5.91 Å². The van der Waals surface area contributed by atoms with Crippen LogP contribution in [0.15, 0.2) is 35.7 Å². The molecule has 2 rings (SSSR count). The number of amides is 1. The van der Waals surface area contributed by atoms with Gasteiger partial charge >= 0.3 is 0 Å². The maximum absolute atomic E-state index is 12.1. The van der Waals surface area contributed by atoms with E-state index in [4.69, 9.17) is 0 Å². The van der Waals surface area contributed by atoms with Crippen LogP contribution in [0.5, 0.6) is 0 Å². The smallest absolute Gasteiger partial charge is 0.279 e. The fourth-order valence-electron chi connectivity index (χ4n) is 2.37. The second kappa shape index (κ2) is 7.96. The van der Waals surface area contributed by atoms with Gasteiger partial charge in [0, 0.05) is 5.69 Å². The summed E-state index contributed by atoms with van der Waals surface area (Å²) in [7, 11) is 0. The molecule has 0 radical (unpaired) electrons. The van der Waals surface area contributed by atoms with Crippen LogP contribution in [0.25, 0.3) is 0 Å². The number of anilines is 1. The Labute approximate surface area is 130 Å². The highest BCUT2D eigenvalue weighted by molar-refractivity contribution is 7.09. The molecule has 0 saturated carbocycles. The second-order valence-corrected chi connectivity index (χ2v) is 6.02. The predicted molar refractivity (Wildman–Crippen MR) is 88.6 cm³/mol. The molecule has 1 aromatic heterocycles. The summed E-state index contributed by atoms with van der Waals surface area (Å²) in [4.78, 5) is 13.4. The van der Waals surface area contributed by atoms with Crippen molar-refractivity contribution in [3.8, 4) is 0 Å². The lowest BCUT2D eigenvalue weighted by atomic mass is 10.0. The summed E-state index contributed by atoms with van der Waals surface area (Å²) in [5.74, 6) is 0.0714. The minimum atomic E-state index is 0.0714. The number of benzene rings is 1. The zero-order valence-electron chi connectivity index (χ0n) is 12.7. The summed E-state index contributed by atoms with van der Waals surface area (Å²) in [6, 6.07) is 10.4. The molecule has 112 valence electrons. The molecule has 0 aliphatic heterocycles. The average Bonchev–Trinajstić information content (AvgIpc) is 3.00. The average molecular weight is 303 g/mol. The topological polar surface area (TPSA) is 45.7 Å². The number of thiophene rings is 1. The molecule has 1 amide bonds. The lowest BCUT2D eigenvalue weighted by molar-refractivity contribution is -0.659. The van der Waals surface area contributed by atoms with Crippen molar-refractivity contribution in [3.63, 3.8) is 0 Å². The van der Waals surface area contributed by atoms with Gasteiger partial charge in [-0.3, -0.25) is 4.79 Å². The van der Waals surface area contributed by atoms with Crippen molar-refractivity contribution in [2.24, 2.45) is 0 Å². The molecule has 0 aliphatic rings. The number of para-hydroxylation sites is 1. The van der Waals surface area contributed by atoms with Gasteiger partial charge in [-0.25, -0.2) is 0 Å². The fourth-order valence-corrected chi connectivity index (χ4v) is 3.07. The molecular weight excluding hydrogens is 280 g/mol. The molecule has 0 unspecified atom stereocenters. The molecule has 0 atom stereocenters. The van der Waals surface area contributed by atoms with E-state index in [0.717, 1.165) is 25.1 Å². The Balaban J connectivity index is 1.93. The first kappa shape index (κ1) is 15.7. The van der Waals surface area contributed by atoms with Crippen LogP contribution in [0.4, 0.5) is 5.69 Å². The molecule has 1 heterocycles. The number of hydrogen-bond acceptors (Lipinski definition) is 2. The minimum Gasteiger partial charge on any atom is -0.334 e. The van der Waals surface area contributed by atoms with E-state index in [2.05, 4.69) is 48.8 Å². The van der Waals surface area contributed by atoms with Gasteiger partial charge in [0.05, 0.1) is 4.88 Å². The maximum Gasteiger partial charge on any atom is 0.279 e. The number of carbonyl (C=O) groups excluding carboxylic acids is 1. The van der Waals surface area contributed by atoms with Crippen LogP contribution < -0.4 is 10.6 Å². The Morgan fingerprint density at radius 1 is 1.14 bits per heavy atom. The van der Waals surface area contributed by atoms with E-state index in [1.54, 1.807) is 11.3 Å². The Bertz CT molecular complexity index is 556.